The maximum Gasteiger partial charge on any atom is 0.181 e. The van der Waals surface area contributed by atoms with E-state index in [2.05, 4.69) is 4.98 Å². The Morgan fingerprint density at radius 2 is 2.23 bits per heavy atom. The van der Waals surface area contributed by atoms with Gasteiger partial charge in [-0.2, -0.15) is 0 Å². The molecule has 0 saturated heterocycles. The summed E-state index contributed by atoms with van der Waals surface area (Å²) in [6.45, 7) is 1.96. The summed E-state index contributed by atoms with van der Waals surface area (Å²) in [7, 11) is 0. The molecular formula is C10H8ClNO. The zero-order chi connectivity index (χ0) is 9.26. The Labute approximate surface area is 81.2 Å². The number of aryl methyl sites for hydroxylation is 1. The summed E-state index contributed by atoms with van der Waals surface area (Å²) in [5.41, 5.74) is 2.01. The average molecular weight is 194 g/mol. The molecule has 2 rings (SSSR count). The lowest BCUT2D eigenvalue weighted by Gasteiger charge is -1.99. The highest BCUT2D eigenvalue weighted by Gasteiger charge is 2.02. The van der Waals surface area contributed by atoms with Gasteiger partial charge in [0.05, 0.1) is 6.20 Å². The number of benzene rings is 1. The van der Waals surface area contributed by atoms with Crippen LogP contribution < -0.4 is 0 Å². The molecule has 2 nitrogen and oxygen atoms in total. The Kier molecular flexibility index (Phi) is 2.07. The van der Waals surface area contributed by atoms with Crippen molar-refractivity contribution in [3.63, 3.8) is 0 Å². The minimum atomic E-state index is 0.738. The van der Waals surface area contributed by atoms with E-state index in [1.807, 2.05) is 25.1 Å². The first-order valence-electron chi connectivity index (χ1n) is 3.92. The second-order valence-electron chi connectivity index (χ2n) is 2.83. The molecule has 3 heteroatoms. The van der Waals surface area contributed by atoms with Crippen molar-refractivity contribution in [2.45, 2.75) is 6.92 Å². The van der Waals surface area contributed by atoms with Crippen molar-refractivity contribution in [2.75, 3.05) is 0 Å². The molecule has 1 aromatic heterocycles. The number of oxazole rings is 1. The van der Waals surface area contributed by atoms with E-state index >= 15 is 0 Å². The molecule has 0 spiro atoms. The monoisotopic (exact) mass is 193 g/mol. The van der Waals surface area contributed by atoms with Gasteiger partial charge in [-0.05, 0) is 18.6 Å². The van der Waals surface area contributed by atoms with E-state index in [4.69, 9.17) is 16.0 Å². The standard InChI is InChI=1S/C10H8ClNO/c1-7-2-3-8(4-9(7)11)10-5-12-6-13-10/h2-6H,1H3. The van der Waals surface area contributed by atoms with Crippen LogP contribution in [-0.2, 0) is 0 Å². The first-order valence-corrected chi connectivity index (χ1v) is 4.30. The molecule has 0 saturated carbocycles. The van der Waals surface area contributed by atoms with Gasteiger partial charge in [0, 0.05) is 10.6 Å². The Bertz CT molecular complexity index is 409. The lowest BCUT2D eigenvalue weighted by atomic mass is 10.1. The molecule has 1 heterocycles. The lowest BCUT2D eigenvalue weighted by Crippen LogP contribution is -1.77. The molecule has 0 radical (unpaired) electrons. The van der Waals surface area contributed by atoms with Crippen LogP contribution in [0, 0.1) is 6.92 Å². The van der Waals surface area contributed by atoms with Crippen LogP contribution in [0.15, 0.2) is 35.2 Å². The largest absolute Gasteiger partial charge is 0.444 e. The fraction of sp³-hybridized carbons (Fsp3) is 0.100. The first-order chi connectivity index (χ1) is 6.27. The summed E-state index contributed by atoms with van der Waals surface area (Å²) in [5, 5.41) is 0.744. The molecule has 13 heavy (non-hydrogen) atoms. The van der Waals surface area contributed by atoms with Gasteiger partial charge in [0.1, 0.15) is 0 Å². The molecule has 66 valence electrons. The summed E-state index contributed by atoms with van der Waals surface area (Å²) >= 11 is 5.97. The Balaban J connectivity index is 2.49. The highest BCUT2D eigenvalue weighted by molar-refractivity contribution is 6.31. The topological polar surface area (TPSA) is 26.0 Å². The van der Waals surface area contributed by atoms with Crippen molar-refractivity contribution in [3.8, 4) is 11.3 Å². The van der Waals surface area contributed by atoms with Crippen molar-refractivity contribution >= 4 is 11.6 Å². The van der Waals surface area contributed by atoms with Crippen molar-refractivity contribution < 1.29 is 4.42 Å². The molecule has 0 aliphatic carbocycles. The number of nitrogens with zero attached hydrogens (tertiary/aromatic N) is 1. The van der Waals surface area contributed by atoms with Crippen LogP contribution in [-0.4, -0.2) is 4.98 Å². The SMILES string of the molecule is Cc1ccc(-c2cnco2)cc1Cl. The third-order valence-corrected chi connectivity index (χ3v) is 2.30. The average Bonchev–Trinajstić information content (AvgIpc) is 2.62. The van der Waals surface area contributed by atoms with Crippen LogP contribution in [0.2, 0.25) is 5.02 Å². The van der Waals surface area contributed by atoms with Crippen molar-refractivity contribution in [1.82, 2.24) is 4.98 Å². The van der Waals surface area contributed by atoms with Crippen molar-refractivity contribution in [2.24, 2.45) is 0 Å². The minimum absolute atomic E-state index is 0.738. The molecule has 0 fully saturated rings. The van der Waals surface area contributed by atoms with E-state index in [9.17, 15) is 0 Å². The van der Waals surface area contributed by atoms with Gasteiger partial charge in [-0.15, -0.1) is 0 Å². The van der Waals surface area contributed by atoms with E-state index in [0.717, 1.165) is 21.9 Å². The molecule has 0 aliphatic rings. The van der Waals surface area contributed by atoms with E-state index in [1.165, 1.54) is 6.39 Å². The normalized spacial score (nSPS) is 10.3. The van der Waals surface area contributed by atoms with Crippen LogP contribution in [0.4, 0.5) is 0 Å². The highest BCUT2D eigenvalue weighted by atomic mass is 35.5. The van der Waals surface area contributed by atoms with Crippen LogP contribution in [0.25, 0.3) is 11.3 Å². The van der Waals surface area contributed by atoms with Gasteiger partial charge in [0.2, 0.25) is 0 Å². The summed E-state index contributed by atoms with van der Waals surface area (Å²) in [6, 6.07) is 5.79. The first kappa shape index (κ1) is 8.32. The van der Waals surface area contributed by atoms with Gasteiger partial charge >= 0.3 is 0 Å². The number of hydrogen-bond donors (Lipinski definition) is 0. The van der Waals surface area contributed by atoms with Gasteiger partial charge in [-0.1, -0.05) is 23.7 Å². The molecular weight excluding hydrogens is 186 g/mol. The van der Waals surface area contributed by atoms with Crippen LogP contribution in [0.3, 0.4) is 0 Å². The maximum absolute atomic E-state index is 5.97. The number of rotatable bonds is 1. The van der Waals surface area contributed by atoms with E-state index in [-0.39, 0.29) is 0 Å². The smallest absolute Gasteiger partial charge is 0.181 e. The predicted molar refractivity (Wildman–Crippen MR) is 51.7 cm³/mol. The van der Waals surface area contributed by atoms with Gasteiger partial charge in [-0.3, -0.25) is 0 Å². The second kappa shape index (κ2) is 3.23. The van der Waals surface area contributed by atoms with Crippen LogP contribution in [0.1, 0.15) is 5.56 Å². The van der Waals surface area contributed by atoms with E-state index < -0.39 is 0 Å². The molecule has 0 amide bonds. The zero-order valence-corrected chi connectivity index (χ0v) is 7.88. The Morgan fingerprint density at radius 1 is 1.38 bits per heavy atom. The Morgan fingerprint density at radius 3 is 2.85 bits per heavy atom. The van der Waals surface area contributed by atoms with Crippen LogP contribution in [0.5, 0.6) is 0 Å². The molecule has 2 aromatic rings. The predicted octanol–water partition coefficient (Wildman–Crippen LogP) is 3.30. The fourth-order valence-electron chi connectivity index (χ4n) is 1.10. The fourth-order valence-corrected chi connectivity index (χ4v) is 1.29. The molecule has 0 aliphatic heterocycles. The molecule has 1 aromatic carbocycles. The summed E-state index contributed by atoms with van der Waals surface area (Å²) in [5.74, 6) is 0.738. The number of halogens is 1. The quantitative estimate of drug-likeness (QED) is 0.695. The molecule has 0 atom stereocenters. The molecule has 0 N–H and O–H groups in total. The zero-order valence-electron chi connectivity index (χ0n) is 7.12. The van der Waals surface area contributed by atoms with Crippen molar-refractivity contribution in [1.29, 1.82) is 0 Å². The van der Waals surface area contributed by atoms with Gasteiger partial charge < -0.3 is 4.42 Å². The maximum atomic E-state index is 5.97. The van der Waals surface area contributed by atoms with Gasteiger partial charge in [-0.25, -0.2) is 4.98 Å². The second-order valence-corrected chi connectivity index (χ2v) is 3.24. The summed E-state index contributed by atoms with van der Waals surface area (Å²) in [4.78, 5) is 3.84. The molecule has 0 bridgehead atoms. The van der Waals surface area contributed by atoms with Crippen molar-refractivity contribution in [3.05, 3.63) is 41.4 Å². The number of aromatic nitrogens is 1. The Hall–Kier alpha value is -1.28. The van der Waals surface area contributed by atoms with Gasteiger partial charge in [0.25, 0.3) is 0 Å². The van der Waals surface area contributed by atoms with E-state index in [0.29, 0.717) is 0 Å². The lowest BCUT2D eigenvalue weighted by molar-refractivity contribution is 0.572. The number of hydrogen-bond acceptors (Lipinski definition) is 2. The van der Waals surface area contributed by atoms with Crippen LogP contribution >= 0.6 is 11.6 Å². The summed E-state index contributed by atoms with van der Waals surface area (Å²) < 4.78 is 5.14. The van der Waals surface area contributed by atoms with E-state index in [1.54, 1.807) is 6.20 Å². The highest BCUT2D eigenvalue weighted by Crippen LogP contribution is 2.24. The molecule has 0 unspecified atom stereocenters. The third kappa shape index (κ3) is 1.58. The third-order valence-electron chi connectivity index (χ3n) is 1.89. The summed E-state index contributed by atoms with van der Waals surface area (Å²) in [6.07, 6.45) is 3.07. The minimum Gasteiger partial charge on any atom is -0.444 e. The van der Waals surface area contributed by atoms with Gasteiger partial charge in [0.15, 0.2) is 12.2 Å².